The molecular formula is C23H22F3N5O5S. The average Bonchev–Trinajstić information content (AvgIpc) is 2.77. The molecule has 3 aromatic heterocycles. The van der Waals surface area contributed by atoms with Crippen LogP contribution in [-0.2, 0) is 20.8 Å². The first-order valence-corrected chi connectivity index (χ1v) is 12.7. The van der Waals surface area contributed by atoms with Crippen LogP contribution < -0.4 is 20.1 Å². The van der Waals surface area contributed by atoms with Gasteiger partial charge < -0.3 is 20.1 Å². The molecule has 0 radical (unpaired) electrons. The highest BCUT2D eigenvalue weighted by Crippen LogP contribution is 2.38. The molecule has 0 aromatic carbocycles. The number of rotatable bonds is 5. The molecule has 1 aliphatic heterocycles. The number of amides is 1. The fourth-order valence-electron chi connectivity index (χ4n) is 3.40. The molecule has 196 valence electrons. The summed E-state index contributed by atoms with van der Waals surface area (Å²) in [6, 6.07) is 5.73. The Balaban J connectivity index is 1.82. The summed E-state index contributed by atoms with van der Waals surface area (Å²) in [4.78, 5) is 24.0. The smallest absolute Gasteiger partial charge is 0.416 e. The minimum absolute atomic E-state index is 0.0911. The van der Waals surface area contributed by atoms with E-state index >= 15 is 0 Å². The van der Waals surface area contributed by atoms with Gasteiger partial charge in [-0.2, -0.15) is 13.2 Å². The van der Waals surface area contributed by atoms with Gasteiger partial charge in [0.25, 0.3) is 5.88 Å². The molecule has 4 heterocycles. The summed E-state index contributed by atoms with van der Waals surface area (Å²) in [5.74, 6) is -0.105. The van der Waals surface area contributed by atoms with Gasteiger partial charge in [0.2, 0.25) is 5.91 Å². The molecule has 0 unspecified atom stereocenters. The number of hydrogen-bond acceptors (Lipinski definition) is 9. The number of sulfone groups is 1. The Kier molecular flexibility index (Phi) is 6.48. The van der Waals surface area contributed by atoms with Crippen LogP contribution in [0.4, 0.5) is 30.5 Å². The minimum Gasteiger partial charge on any atom is -0.479 e. The van der Waals surface area contributed by atoms with Gasteiger partial charge in [0.15, 0.2) is 20.6 Å². The predicted molar refractivity (Wildman–Crippen MR) is 128 cm³/mol. The van der Waals surface area contributed by atoms with Gasteiger partial charge in [-0.1, -0.05) is 0 Å². The van der Waals surface area contributed by atoms with Crippen LogP contribution in [-0.4, -0.2) is 47.7 Å². The van der Waals surface area contributed by atoms with Crippen LogP contribution in [0.1, 0.15) is 26.3 Å². The zero-order chi connectivity index (χ0) is 27.2. The first-order valence-electron chi connectivity index (χ1n) is 10.8. The lowest BCUT2D eigenvalue weighted by molar-refractivity contribution is -0.137. The van der Waals surface area contributed by atoms with Gasteiger partial charge in [-0.15, -0.1) is 0 Å². The van der Waals surface area contributed by atoms with E-state index in [2.05, 4.69) is 25.6 Å². The summed E-state index contributed by atoms with van der Waals surface area (Å²) in [5.41, 5.74) is -0.985. The molecule has 0 fully saturated rings. The number of nitrogens with one attached hydrogen (secondary N) is 2. The van der Waals surface area contributed by atoms with Gasteiger partial charge in [-0.3, -0.25) is 4.79 Å². The fraction of sp³-hybridized carbons (Fsp3) is 0.304. The van der Waals surface area contributed by atoms with Crippen molar-refractivity contribution in [3.05, 3.63) is 42.1 Å². The summed E-state index contributed by atoms with van der Waals surface area (Å²) >= 11 is 0. The summed E-state index contributed by atoms with van der Waals surface area (Å²) in [6.45, 7) is 5.20. The van der Waals surface area contributed by atoms with Crippen molar-refractivity contribution in [3.8, 4) is 22.9 Å². The number of halogens is 3. The number of anilines is 3. The van der Waals surface area contributed by atoms with E-state index in [1.165, 1.54) is 19.2 Å². The molecule has 0 bridgehead atoms. The third kappa shape index (κ3) is 6.07. The summed E-state index contributed by atoms with van der Waals surface area (Å²) < 4.78 is 76.1. The third-order valence-corrected chi connectivity index (χ3v) is 5.99. The first-order chi connectivity index (χ1) is 17.1. The third-order valence-electron chi connectivity index (χ3n) is 5.02. The lowest BCUT2D eigenvalue weighted by Crippen LogP contribution is -2.39. The van der Waals surface area contributed by atoms with Crippen LogP contribution in [0.3, 0.4) is 0 Å². The van der Waals surface area contributed by atoms with E-state index in [0.29, 0.717) is 29.1 Å². The molecule has 10 nitrogen and oxygen atoms in total. The number of fused-ring (bicyclic) bond motifs is 1. The molecule has 37 heavy (non-hydrogen) atoms. The number of hydrogen-bond donors (Lipinski definition) is 2. The standard InChI is InChI=1S/C23H22F3N5O5S/c1-12(32)28-18-9-16(29-19-7-13(23(24,25)26)8-20(31-19)37(4,33)34)14(10-27-18)15-5-6-17-21(30-15)35-11-22(2,3)36-17/h5-10H,11H2,1-4H3,(H2,27,28,29,31,32). The Hall–Kier alpha value is -3.94. The maximum Gasteiger partial charge on any atom is 0.416 e. The number of carbonyl (C=O) groups excluding carboxylic acids is 1. The lowest BCUT2D eigenvalue weighted by Gasteiger charge is -2.31. The highest BCUT2D eigenvalue weighted by Gasteiger charge is 2.33. The molecule has 0 saturated heterocycles. The Morgan fingerprint density at radius 3 is 2.49 bits per heavy atom. The van der Waals surface area contributed by atoms with Crippen molar-refractivity contribution in [2.45, 2.75) is 37.6 Å². The maximum absolute atomic E-state index is 13.5. The molecule has 0 saturated carbocycles. The topological polar surface area (TPSA) is 132 Å². The molecule has 2 N–H and O–H groups in total. The Morgan fingerprint density at radius 2 is 1.84 bits per heavy atom. The van der Waals surface area contributed by atoms with Gasteiger partial charge in [-0.25, -0.2) is 23.4 Å². The number of ether oxygens (including phenoxy) is 2. The van der Waals surface area contributed by atoms with Crippen molar-refractivity contribution < 1.29 is 35.9 Å². The zero-order valence-electron chi connectivity index (χ0n) is 20.1. The predicted octanol–water partition coefficient (Wildman–Crippen LogP) is 4.21. The molecular weight excluding hydrogens is 515 g/mol. The van der Waals surface area contributed by atoms with Gasteiger partial charge in [-0.05, 0) is 38.1 Å². The number of carbonyl (C=O) groups is 1. The molecule has 1 aliphatic rings. The average molecular weight is 538 g/mol. The van der Waals surface area contributed by atoms with Crippen LogP contribution in [0.15, 0.2) is 41.6 Å². The van der Waals surface area contributed by atoms with Crippen LogP contribution in [0.25, 0.3) is 11.3 Å². The molecule has 0 aliphatic carbocycles. The van der Waals surface area contributed by atoms with Crippen LogP contribution in [0.5, 0.6) is 11.6 Å². The normalized spacial score (nSPS) is 14.7. The van der Waals surface area contributed by atoms with E-state index < -0.39 is 43.9 Å². The highest BCUT2D eigenvalue weighted by molar-refractivity contribution is 7.90. The van der Waals surface area contributed by atoms with Crippen molar-refractivity contribution in [1.82, 2.24) is 15.0 Å². The van der Waals surface area contributed by atoms with E-state index in [0.717, 1.165) is 6.26 Å². The second kappa shape index (κ2) is 9.18. The number of pyridine rings is 3. The van der Waals surface area contributed by atoms with Crippen molar-refractivity contribution in [2.24, 2.45) is 0 Å². The number of aromatic nitrogens is 3. The molecule has 3 aromatic rings. The molecule has 4 rings (SSSR count). The Morgan fingerprint density at radius 1 is 1.11 bits per heavy atom. The first kappa shape index (κ1) is 26.1. The highest BCUT2D eigenvalue weighted by atomic mass is 32.2. The SMILES string of the molecule is CC(=O)Nc1cc(Nc2cc(C(F)(F)F)cc(S(C)(=O)=O)n2)c(-c2ccc3c(n2)OCC(C)(C)O3)cn1. The monoisotopic (exact) mass is 537 g/mol. The summed E-state index contributed by atoms with van der Waals surface area (Å²) in [5, 5.41) is 4.45. The molecule has 1 amide bonds. The lowest BCUT2D eigenvalue weighted by atomic mass is 10.1. The minimum atomic E-state index is -4.83. The number of nitrogens with zero attached hydrogens (tertiary/aromatic N) is 3. The Labute approximate surface area is 210 Å². The van der Waals surface area contributed by atoms with Crippen molar-refractivity contribution >= 4 is 33.1 Å². The van der Waals surface area contributed by atoms with Gasteiger partial charge in [0.1, 0.15) is 23.8 Å². The molecule has 0 spiro atoms. The van der Waals surface area contributed by atoms with Crippen LogP contribution in [0, 0.1) is 0 Å². The molecule has 0 atom stereocenters. The van der Waals surface area contributed by atoms with E-state index in [-0.39, 0.29) is 24.0 Å². The van der Waals surface area contributed by atoms with Crippen LogP contribution in [0.2, 0.25) is 0 Å². The maximum atomic E-state index is 13.5. The quantitative estimate of drug-likeness (QED) is 0.491. The Bertz CT molecular complexity index is 1490. The fourth-order valence-corrected chi connectivity index (χ4v) is 4.01. The van der Waals surface area contributed by atoms with Crippen molar-refractivity contribution in [2.75, 3.05) is 23.5 Å². The van der Waals surface area contributed by atoms with Gasteiger partial charge in [0, 0.05) is 31.0 Å². The van der Waals surface area contributed by atoms with Gasteiger partial charge in [0.05, 0.1) is 16.9 Å². The molecule has 14 heteroatoms. The van der Waals surface area contributed by atoms with E-state index in [1.54, 1.807) is 12.1 Å². The summed E-state index contributed by atoms with van der Waals surface area (Å²) in [7, 11) is -4.07. The van der Waals surface area contributed by atoms with Crippen LogP contribution >= 0.6 is 0 Å². The van der Waals surface area contributed by atoms with Crippen molar-refractivity contribution in [3.63, 3.8) is 0 Å². The number of alkyl halides is 3. The van der Waals surface area contributed by atoms with Crippen molar-refractivity contribution in [1.29, 1.82) is 0 Å². The summed E-state index contributed by atoms with van der Waals surface area (Å²) in [6.07, 6.45) is -2.72. The second-order valence-corrected chi connectivity index (χ2v) is 10.9. The second-order valence-electron chi connectivity index (χ2n) is 8.92. The van der Waals surface area contributed by atoms with E-state index in [1.807, 2.05) is 13.8 Å². The largest absolute Gasteiger partial charge is 0.479 e. The van der Waals surface area contributed by atoms with E-state index in [9.17, 15) is 26.4 Å². The zero-order valence-corrected chi connectivity index (χ0v) is 20.9. The van der Waals surface area contributed by atoms with E-state index in [4.69, 9.17) is 9.47 Å². The van der Waals surface area contributed by atoms with Gasteiger partial charge >= 0.3 is 6.18 Å².